The number of carboxylic acids is 1. The van der Waals surface area contributed by atoms with Crippen molar-refractivity contribution in [3.05, 3.63) is 0 Å². The molecule has 0 aromatic carbocycles. The quantitative estimate of drug-likeness (QED) is 0.641. The number of amides is 1. The van der Waals surface area contributed by atoms with Gasteiger partial charge in [-0.25, -0.2) is 0 Å². The first-order valence-corrected chi connectivity index (χ1v) is 8.07. The van der Waals surface area contributed by atoms with E-state index in [0.717, 1.165) is 19.3 Å². The molecule has 122 valence electrons. The van der Waals surface area contributed by atoms with Crippen LogP contribution in [-0.2, 0) is 14.3 Å². The third-order valence-electron chi connectivity index (χ3n) is 4.21. The van der Waals surface area contributed by atoms with E-state index in [1.807, 2.05) is 13.8 Å². The van der Waals surface area contributed by atoms with Crippen LogP contribution in [0.2, 0.25) is 0 Å². The van der Waals surface area contributed by atoms with Crippen LogP contribution >= 0.6 is 0 Å². The van der Waals surface area contributed by atoms with Crippen molar-refractivity contribution < 1.29 is 19.4 Å². The first kappa shape index (κ1) is 18.0. The zero-order chi connectivity index (χ0) is 15.8. The van der Waals surface area contributed by atoms with Gasteiger partial charge in [0.1, 0.15) is 0 Å². The van der Waals surface area contributed by atoms with Crippen LogP contribution in [0.4, 0.5) is 0 Å². The normalized spacial score (nSPS) is 25.2. The Balaban J connectivity index is 2.28. The van der Waals surface area contributed by atoms with Gasteiger partial charge in [-0.1, -0.05) is 13.3 Å². The van der Waals surface area contributed by atoms with E-state index in [-0.39, 0.29) is 17.9 Å². The van der Waals surface area contributed by atoms with Crippen LogP contribution in [0, 0.1) is 17.8 Å². The van der Waals surface area contributed by atoms with E-state index in [1.54, 1.807) is 0 Å². The molecule has 1 fully saturated rings. The van der Waals surface area contributed by atoms with Crippen LogP contribution in [0.15, 0.2) is 0 Å². The van der Waals surface area contributed by atoms with Crippen LogP contribution in [0.3, 0.4) is 0 Å². The van der Waals surface area contributed by atoms with Gasteiger partial charge in [-0.15, -0.1) is 0 Å². The van der Waals surface area contributed by atoms with Gasteiger partial charge in [0.05, 0.1) is 17.9 Å². The Kier molecular flexibility index (Phi) is 7.72. The van der Waals surface area contributed by atoms with Crippen molar-refractivity contribution >= 4 is 11.9 Å². The lowest BCUT2D eigenvalue weighted by Crippen LogP contribution is -2.35. The highest BCUT2D eigenvalue weighted by Gasteiger charge is 2.41. The van der Waals surface area contributed by atoms with E-state index < -0.39 is 11.9 Å². The summed E-state index contributed by atoms with van der Waals surface area (Å²) < 4.78 is 5.44. The van der Waals surface area contributed by atoms with Crippen LogP contribution in [0.1, 0.15) is 52.9 Å². The monoisotopic (exact) mass is 299 g/mol. The summed E-state index contributed by atoms with van der Waals surface area (Å²) >= 11 is 0. The van der Waals surface area contributed by atoms with Crippen molar-refractivity contribution in [2.75, 3.05) is 13.2 Å². The second-order valence-electron chi connectivity index (χ2n) is 6.21. The number of unbranched alkanes of at least 4 members (excludes halogenated alkanes) is 1. The van der Waals surface area contributed by atoms with Gasteiger partial charge in [-0.3, -0.25) is 9.59 Å². The summed E-state index contributed by atoms with van der Waals surface area (Å²) in [5.41, 5.74) is 0. The molecular formula is C16H29NO4. The third-order valence-corrected chi connectivity index (χ3v) is 4.21. The second-order valence-corrected chi connectivity index (χ2v) is 6.21. The predicted octanol–water partition coefficient (Wildman–Crippen LogP) is 2.44. The summed E-state index contributed by atoms with van der Waals surface area (Å²) in [5.74, 6) is -1.44. The molecule has 1 amide bonds. The van der Waals surface area contributed by atoms with Crippen LogP contribution in [0.25, 0.3) is 0 Å². The maximum atomic E-state index is 12.2. The molecule has 5 nitrogen and oxygen atoms in total. The first-order valence-electron chi connectivity index (χ1n) is 8.07. The Labute approximate surface area is 127 Å². The number of rotatable bonds is 9. The minimum absolute atomic E-state index is 0.0943. The van der Waals surface area contributed by atoms with Gasteiger partial charge in [0.15, 0.2) is 0 Å². The van der Waals surface area contributed by atoms with Gasteiger partial charge < -0.3 is 15.2 Å². The maximum Gasteiger partial charge on any atom is 0.307 e. The Morgan fingerprint density at radius 3 is 2.48 bits per heavy atom. The minimum atomic E-state index is -0.837. The van der Waals surface area contributed by atoms with Crippen molar-refractivity contribution in [2.24, 2.45) is 17.8 Å². The average molecular weight is 299 g/mol. The fourth-order valence-electron chi connectivity index (χ4n) is 2.93. The molecule has 0 aromatic heterocycles. The molecule has 5 heteroatoms. The lowest BCUT2D eigenvalue weighted by Gasteiger charge is -2.15. The fraction of sp³-hybridized carbons (Fsp3) is 0.875. The maximum absolute atomic E-state index is 12.2. The molecule has 2 N–H and O–H groups in total. The second kappa shape index (κ2) is 9.03. The Morgan fingerprint density at radius 1 is 1.24 bits per heavy atom. The topological polar surface area (TPSA) is 75.6 Å². The molecular weight excluding hydrogens is 270 g/mol. The van der Waals surface area contributed by atoms with Crippen LogP contribution in [0.5, 0.6) is 0 Å². The molecule has 1 aliphatic rings. The summed E-state index contributed by atoms with van der Waals surface area (Å²) in [7, 11) is 0. The largest absolute Gasteiger partial charge is 0.481 e. The SMILES string of the molecule is CCC1CC(C(=O)O)C(C(=O)NCCCCOC(C)C)C1. The Bertz CT molecular complexity index is 343. The van der Waals surface area contributed by atoms with E-state index in [0.29, 0.717) is 31.9 Å². The summed E-state index contributed by atoms with van der Waals surface area (Å²) in [5, 5.41) is 12.1. The third kappa shape index (κ3) is 6.04. The number of hydrogen-bond acceptors (Lipinski definition) is 3. The van der Waals surface area contributed by atoms with E-state index >= 15 is 0 Å². The van der Waals surface area contributed by atoms with E-state index in [9.17, 15) is 14.7 Å². The lowest BCUT2D eigenvalue weighted by molar-refractivity contribution is -0.146. The highest BCUT2D eigenvalue weighted by molar-refractivity contribution is 5.85. The van der Waals surface area contributed by atoms with Crippen molar-refractivity contribution in [3.8, 4) is 0 Å². The number of nitrogens with one attached hydrogen (secondary N) is 1. The molecule has 1 aliphatic carbocycles. The smallest absolute Gasteiger partial charge is 0.307 e. The summed E-state index contributed by atoms with van der Waals surface area (Å²) in [6, 6.07) is 0. The number of carbonyl (C=O) groups excluding carboxylic acids is 1. The molecule has 1 rings (SSSR count). The predicted molar refractivity (Wildman–Crippen MR) is 81.0 cm³/mol. The van der Waals surface area contributed by atoms with E-state index in [2.05, 4.69) is 12.2 Å². The van der Waals surface area contributed by atoms with Crippen LogP contribution < -0.4 is 5.32 Å². The van der Waals surface area contributed by atoms with Crippen LogP contribution in [-0.4, -0.2) is 36.2 Å². The van der Waals surface area contributed by atoms with Crippen molar-refractivity contribution in [3.63, 3.8) is 0 Å². The number of ether oxygens (including phenoxy) is 1. The zero-order valence-corrected chi connectivity index (χ0v) is 13.4. The molecule has 0 aromatic rings. The number of carboxylic acid groups (broad SMARTS) is 1. The van der Waals surface area contributed by atoms with Gasteiger partial charge in [0.2, 0.25) is 5.91 Å². The highest BCUT2D eigenvalue weighted by Crippen LogP contribution is 2.38. The van der Waals surface area contributed by atoms with Gasteiger partial charge >= 0.3 is 5.97 Å². The fourth-order valence-corrected chi connectivity index (χ4v) is 2.93. The van der Waals surface area contributed by atoms with Gasteiger partial charge in [-0.05, 0) is 45.4 Å². The average Bonchev–Trinajstić information content (AvgIpc) is 2.86. The Hall–Kier alpha value is -1.10. The number of carbonyl (C=O) groups is 2. The lowest BCUT2D eigenvalue weighted by atomic mass is 9.95. The number of aliphatic carboxylic acids is 1. The summed E-state index contributed by atoms with van der Waals surface area (Å²) in [4.78, 5) is 23.4. The van der Waals surface area contributed by atoms with E-state index in [4.69, 9.17) is 4.74 Å². The molecule has 0 heterocycles. The standard InChI is InChI=1S/C16H29NO4/c1-4-12-9-13(14(10-12)16(19)20)15(18)17-7-5-6-8-21-11(2)3/h11-14H,4-10H2,1-3H3,(H,17,18)(H,19,20). The van der Waals surface area contributed by atoms with Crippen molar-refractivity contribution in [1.29, 1.82) is 0 Å². The molecule has 0 bridgehead atoms. The van der Waals surface area contributed by atoms with Gasteiger partial charge in [0, 0.05) is 13.2 Å². The van der Waals surface area contributed by atoms with Gasteiger partial charge in [0.25, 0.3) is 0 Å². The minimum Gasteiger partial charge on any atom is -0.481 e. The van der Waals surface area contributed by atoms with Crippen molar-refractivity contribution in [2.45, 2.75) is 59.0 Å². The summed E-state index contributed by atoms with van der Waals surface area (Å²) in [6.07, 6.45) is 4.28. The molecule has 0 aliphatic heterocycles. The molecule has 1 saturated carbocycles. The van der Waals surface area contributed by atoms with Gasteiger partial charge in [-0.2, -0.15) is 0 Å². The molecule has 0 radical (unpaired) electrons. The van der Waals surface area contributed by atoms with E-state index in [1.165, 1.54) is 0 Å². The summed E-state index contributed by atoms with van der Waals surface area (Å²) in [6.45, 7) is 7.35. The first-order chi connectivity index (χ1) is 9.95. The number of hydrogen-bond donors (Lipinski definition) is 2. The molecule has 21 heavy (non-hydrogen) atoms. The molecule has 3 unspecified atom stereocenters. The molecule has 0 saturated heterocycles. The van der Waals surface area contributed by atoms with Crippen molar-refractivity contribution in [1.82, 2.24) is 5.32 Å². The zero-order valence-electron chi connectivity index (χ0n) is 13.4. The molecule has 3 atom stereocenters. The highest BCUT2D eigenvalue weighted by atomic mass is 16.5. The molecule has 0 spiro atoms. The Morgan fingerprint density at radius 2 is 1.90 bits per heavy atom.